The van der Waals surface area contributed by atoms with E-state index in [1.807, 2.05) is 0 Å². The summed E-state index contributed by atoms with van der Waals surface area (Å²) < 4.78 is 45.6. The number of para-hydroxylation sites is 1. The quantitative estimate of drug-likeness (QED) is 0.249. The Morgan fingerprint density at radius 2 is 1.97 bits per heavy atom. The van der Waals surface area contributed by atoms with E-state index in [-0.39, 0.29) is 28.4 Å². The molecule has 1 aliphatic carbocycles. The number of ether oxygens (including phenoxy) is 3. The Morgan fingerprint density at radius 3 is 2.74 bits per heavy atom. The summed E-state index contributed by atoms with van der Waals surface area (Å²) in [5.74, 6) is -0.634. The van der Waals surface area contributed by atoms with Gasteiger partial charge in [0.2, 0.25) is 0 Å². The maximum Gasteiger partial charge on any atom is 0.387 e. The van der Waals surface area contributed by atoms with Crippen LogP contribution >= 0.6 is 0 Å². The van der Waals surface area contributed by atoms with Crippen molar-refractivity contribution < 1.29 is 32.2 Å². The smallest absolute Gasteiger partial charge is 0.387 e. The summed E-state index contributed by atoms with van der Waals surface area (Å²) in [6, 6.07) is 9.39. The zero-order chi connectivity index (χ0) is 22.0. The Balaban J connectivity index is 1.55. The molecule has 0 N–H and O–H groups in total. The van der Waals surface area contributed by atoms with Gasteiger partial charge in [-0.05, 0) is 49.1 Å². The molecule has 0 amide bonds. The predicted octanol–water partition coefficient (Wildman–Crippen LogP) is 4.51. The molecule has 0 fully saturated rings. The maximum atomic E-state index is 12.7. The molecule has 0 saturated carbocycles. The molecule has 1 aliphatic rings. The molecular formula is C23H18F2O6. The first kappa shape index (κ1) is 20.6. The van der Waals surface area contributed by atoms with E-state index in [1.54, 1.807) is 18.2 Å². The van der Waals surface area contributed by atoms with Gasteiger partial charge in [0.15, 0.2) is 11.5 Å². The molecule has 0 bridgehead atoms. The Hall–Kier alpha value is -3.68. The van der Waals surface area contributed by atoms with E-state index in [0.29, 0.717) is 17.6 Å². The molecule has 3 aromatic rings. The third-order valence-corrected chi connectivity index (χ3v) is 5.00. The van der Waals surface area contributed by atoms with Crippen molar-refractivity contribution in [2.24, 2.45) is 0 Å². The summed E-state index contributed by atoms with van der Waals surface area (Å²) in [5.41, 5.74) is 1.89. The standard InChI is InChI=1S/C23H18F2O6/c1-28-18-7-2-4-13(21(18)31-23(24)25)8-11-20(26)29-14-9-10-16-15-5-3-6-17(15)22(27)30-19(16)12-14/h2,4,7-12,23H,3,5-6H2,1H3/b11-8+. The van der Waals surface area contributed by atoms with Gasteiger partial charge in [0, 0.05) is 28.7 Å². The van der Waals surface area contributed by atoms with E-state index in [0.717, 1.165) is 29.9 Å². The fraction of sp³-hybridized carbons (Fsp3) is 0.217. The molecular weight excluding hydrogens is 410 g/mol. The summed E-state index contributed by atoms with van der Waals surface area (Å²) in [6.45, 7) is -3.05. The lowest BCUT2D eigenvalue weighted by molar-refractivity contribution is -0.128. The van der Waals surface area contributed by atoms with Crippen molar-refractivity contribution in [2.45, 2.75) is 25.9 Å². The van der Waals surface area contributed by atoms with Crippen LogP contribution in [-0.4, -0.2) is 19.7 Å². The largest absolute Gasteiger partial charge is 0.493 e. The first-order valence-corrected chi connectivity index (χ1v) is 9.56. The van der Waals surface area contributed by atoms with E-state index >= 15 is 0 Å². The van der Waals surface area contributed by atoms with Crippen LogP contribution in [-0.2, 0) is 17.6 Å². The molecule has 4 rings (SSSR count). The number of esters is 1. The summed E-state index contributed by atoms with van der Waals surface area (Å²) >= 11 is 0. The number of benzene rings is 2. The van der Waals surface area contributed by atoms with Gasteiger partial charge in [-0.25, -0.2) is 9.59 Å². The van der Waals surface area contributed by atoms with Gasteiger partial charge in [0.25, 0.3) is 0 Å². The first-order valence-electron chi connectivity index (χ1n) is 9.56. The van der Waals surface area contributed by atoms with Gasteiger partial charge in [-0.15, -0.1) is 0 Å². The van der Waals surface area contributed by atoms with Gasteiger partial charge in [-0.2, -0.15) is 8.78 Å². The van der Waals surface area contributed by atoms with E-state index in [2.05, 4.69) is 4.74 Å². The van der Waals surface area contributed by atoms with Crippen LogP contribution in [0.5, 0.6) is 17.2 Å². The lowest BCUT2D eigenvalue weighted by Crippen LogP contribution is -2.08. The third-order valence-electron chi connectivity index (χ3n) is 5.00. The van der Waals surface area contributed by atoms with Crippen LogP contribution < -0.4 is 19.8 Å². The third kappa shape index (κ3) is 4.28. The lowest BCUT2D eigenvalue weighted by Gasteiger charge is -2.12. The molecule has 0 spiro atoms. The molecule has 0 aliphatic heterocycles. The highest BCUT2D eigenvalue weighted by molar-refractivity contribution is 5.90. The Labute approximate surface area is 175 Å². The fourth-order valence-electron chi connectivity index (χ4n) is 3.68. The number of methoxy groups -OCH3 is 1. The van der Waals surface area contributed by atoms with Crippen LogP contribution in [0.15, 0.2) is 51.7 Å². The molecule has 0 atom stereocenters. The average Bonchev–Trinajstić information content (AvgIpc) is 3.23. The second kappa shape index (κ2) is 8.59. The van der Waals surface area contributed by atoms with E-state index in [4.69, 9.17) is 13.9 Å². The number of carbonyl (C=O) groups excluding carboxylic acids is 1. The van der Waals surface area contributed by atoms with Gasteiger partial charge in [-0.1, -0.05) is 12.1 Å². The minimum absolute atomic E-state index is 0.105. The number of carbonyl (C=O) groups is 1. The zero-order valence-corrected chi connectivity index (χ0v) is 16.5. The van der Waals surface area contributed by atoms with Crippen molar-refractivity contribution in [3.8, 4) is 17.2 Å². The van der Waals surface area contributed by atoms with Crippen molar-refractivity contribution in [2.75, 3.05) is 7.11 Å². The summed E-state index contributed by atoms with van der Waals surface area (Å²) in [7, 11) is 1.32. The van der Waals surface area contributed by atoms with Crippen LogP contribution in [0.1, 0.15) is 23.1 Å². The molecule has 0 saturated heterocycles. The lowest BCUT2D eigenvalue weighted by atomic mass is 10.1. The van der Waals surface area contributed by atoms with Crippen molar-refractivity contribution in [3.05, 3.63) is 69.6 Å². The molecule has 0 unspecified atom stereocenters. The molecule has 8 heteroatoms. The van der Waals surface area contributed by atoms with Crippen LogP contribution in [0.25, 0.3) is 17.0 Å². The summed E-state index contributed by atoms with van der Waals surface area (Å²) in [5, 5.41) is 0.826. The Morgan fingerprint density at radius 1 is 1.16 bits per heavy atom. The topological polar surface area (TPSA) is 75.0 Å². The second-order valence-corrected chi connectivity index (χ2v) is 6.87. The van der Waals surface area contributed by atoms with Crippen molar-refractivity contribution in [1.29, 1.82) is 0 Å². The normalized spacial score (nSPS) is 13.0. The monoisotopic (exact) mass is 428 g/mol. The van der Waals surface area contributed by atoms with Crippen LogP contribution in [0.4, 0.5) is 8.78 Å². The molecule has 1 aromatic heterocycles. The van der Waals surface area contributed by atoms with Gasteiger partial charge in [-0.3, -0.25) is 0 Å². The SMILES string of the molecule is COc1cccc(/C=C/C(=O)Oc2ccc3c4c(c(=O)oc3c2)CCC4)c1OC(F)F. The summed E-state index contributed by atoms with van der Waals surface area (Å²) in [4.78, 5) is 24.4. The second-order valence-electron chi connectivity index (χ2n) is 6.87. The van der Waals surface area contributed by atoms with Crippen molar-refractivity contribution in [3.63, 3.8) is 0 Å². The number of halogens is 2. The van der Waals surface area contributed by atoms with Gasteiger partial charge in [0.05, 0.1) is 7.11 Å². The molecule has 31 heavy (non-hydrogen) atoms. The van der Waals surface area contributed by atoms with Gasteiger partial charge < -0.3 is 18.6 Å². The number of hydrogen-bond donors (Lipinski definition) is 0. The van der Waals surface area contributed by atoms with Crippen LogP contribution in [0.2, 0.25) is 0 Å². The molecule has 2 aromatic carbocycles. The molecule has 160 valence electrons. The van der Waals surface area contributed by atoms with Crippen molar-refractivity contribution in [1.82, 2.24) is 0 Å². The Kier molecular flexibility index (Phi) is 5.70. The van der Waals surface area contributed by atoms with E-state index < -0.39 is 12.6 Å². The molecule has 1 heterocycles. The fourth-order valence-corrected chi connectivity index (χ4v) is 3.68. The minimum atomic E-state index is -3.05. The zero-order valence-electron chi connectivity index (χ0n) is 16.5. The molecule has 6 nitrogen and oxygen atoms in total. The Bertz CT molecular complexity index is 1230. The van der Waals surface area contributed by atoms with Crippen LogP contribution in [0, 0.1) is 0 Å². The number of aryl methyl sites for hydroxylation is 1. The number of alkyl halides is 2. The van der Waals surface area contributed by atoms with E-state index in [9.17, 15) is 18.4 Å². The van der Waals surface area contributed by atoms with Gasteiger partial charge in [0.1, 0.15) is 11.3 Å². The highest BCUT2D eigenvalue weighted by Crippen LogP contribution is 2.33. The highest BCUT2D eigenvalue weighted by Gasteiger charge is 2.20. The minimum Gasteiger partial charge on any atom is -0.493 e. The maximum absolute atomic E-state index is 12.7. The van der Waals surface area contributed by atoms with Crippen LogP contribution in [0.3, 0.4) is 0 Å². The number of fused-ring (bicyclic) bond motifs is 3. The number of hydrogen-bond acceptors (Lipinski definition) is 6. The first-order chi connectivity index (χ1) is 15.0. The summed E-state index contributed by atoms with van der Waals surface area (Å²) in [6.07, 6.45) is 4.79. The van der Waals surface area contributed by atoms with Gasteiger partial charge >= 0.3 is 18.2 Å². The predicted molar refractivity (Wildman–Crippen MR) is 109 cm³/mol. The average molecular weight is 428 g/mol. The molecule has 0 radical (unpaired) electrons. The highest BCUT2D eigenvalue weighted by atomic mass is 19.3. The van der Waals surface area contributed by atoms with Crippen molar-refractivity contribution >= 4 is 23.0 Å². The number of rotatable bonds is 6. The van der Waals surface area contributed by atoms with E-state index in [1.165, 1.54) is 31.4 Å².